The van der Waals surface area contributed by atoms with Crippen LogP contribution in [0.3, 0.4) is 0 Å². The number of piperidine rings is 1. The van der Waals surface area contributed by atoms with Crippen molar-refractivity contribution < 1.29 is 9.21 Å². The second-order valence-corrected chi connectivity index (χ2v) is 6.85. The Labute approximate surface area is 150 Å². The Bertz CT molecular complexity index is 1070. The van der Waals surface area contributed by atoms with E-state index in [1.807, 2.05) is 53.6 Å². The highest BCUT2D eigenvalue weighted by atomic mass is 16.3. The van der Waals surface area contributed by atoms with Gasteiger partial charge in [-0.1, -0.05) is 18.2 Å². The summed E-state index contributed by atoms with van der Waals surface area (Å²) < 4.78 is 5.91. The zero-order valence-corrected chi connectivity index (χ0v) is 14.3. The number of likely N-dealkylation sites (tertiary alicyclic amines) is 1. The van der Waals surface area contributed by atoms with Gasteiger partial charge in [0, 0.05) is 47.7 Å². The Morgan fingerprint density at radius 3 is 2.69 bits per heavy atom. The average Bonchev–Trinajstić information content (AvgIpc) is 3.35. The summed E-state index contributed by atoms with van der Waals surface area (Å²) in [5.41, 5.74) is 2.31. The van der Waals surface area contributed by atoms with Crippen LogP contribution in [0.1, 0.15) is 34.9 Å². The van der Waals surface area contributed by atoms with E-state index in [2.05, 4.69) is 9.97 Å². The zero-order valence-electron chi connectivity index (χ0n) is 14.3. The molecule has 0 radical (unpaired) electrons. The second kappa shape index (κ2) is 6.02. The number of aromatic nitrogens is 2. The van der Waals surface area contributed by atoms with Gasteiger partial charge >= 0.3 is 0 Å². The normalized spacial score (nSPS) is 15.8. The lowest BCUT2D eigenvalue weighted by atomic mass is 9.95. The fourth-order valence-electron chi connectivity index (χ4n) is 3.90. The van der Waals surface area contributed by atoms with Gasteiger partial charge in [-0.05, 0) is 37.1 Å². The number of aromatic amines is 1. The predicted octanol–water partition coefficient (Wildman–Crippen LogP) is 4.33. The van der Waals surface area contributed by atoms with Crippen molar-refractivity contribution in [1.29, 1.82) is 0 Å². The Balaban J connectivity index is 1.38. The summed E-state index contributed by atoms with van der Waals surface area (Å²) in [6.07, 6.45) is 5.52. The Hall–Kier alpha value is -3.08. The maximum absolute atomic E-state index is 12.9. The van der Waals surface area contributed by atoms with E-state index < -0.39 is 0 Å². The summed E-state index contributed by atoms with van der Waals surface area (Å²) in [7, 11) is 0. The highest BCUT2D eigenvalue weighted by Gasteiger charge is 2.26. The van der Waals surface area contributed by atoms with Crippen LogP contribution in [-0.4, -0.2) is 33.9 Å². The molecule has 1 saturated heterocycles. The molecular weight excluding hydrogens is 326 g/mol. The highest BCUT2D eigenvalue weighted by Crippen LogP contribution is 2.30. The first-order valence-electron chi connectivity index (χ1n) is 8.99. The number of nitrogens with one attached hydrogen (secondary N) is 1. The number of fused-ring (bicyclic) bond motifs is 3. The molecule has 130 valence electrons. The smallest absolute Gasteiger partial charge is 0.253 e. The number of amides is 1. The first-order chi connectivity index (χ1) is 12.8. The molecule has 1 N–H and O–H groups in total. The van der Waals surface area contributed by atoms with E-state index in [1.165, 1.54) is 0 Å². The van der Waals surface area contributed by atoms with Gasteiger partial charge in [0.2, 0.25) is 0 Å². The van der Waals surface area contributed by atoms with Crippen molar-refractivity contribution in [2.24, 2.45) is 0 Å². The average molecular weight is 345 g/mol. The van der Waals surface area contributed by atoms with Crippen molar-refractivity contribution in [3.63, 3.8) is 0 Å². The minimum Gasteiger partial charge on any atom is -0.456 e. The second-order valence-electron chi connectivity index (χ2n) is 6.85. The SMILES string of the molecule is O=C(c1ccc2c(c1)oc1ccccc12)N1CCC(c2ncc[nH]2)CC1. The van der Waals surface area contributed by atoms with Gasteiger partial charge in [0.15, 0.2) is 0 Å². The molecule has 0 aliphatic carbocycles. The first kappa shape index (κ1) is 15.2. The molecule has 0 saturated carbocycles. The van der Waals surface area contributed by atoms with E-state index in [9.17, 15) is 4.79 Å². The van der Waals surface area contributed by atoms with E-state index in [-0.39, 0.29) is 5.91 Å². The number of imidazole rings is 1. The maximum Gasteiger partial charge on any atom is 0.253 e. The molecule has 0 bridgehead atoms. The molecule has 1 amide bonds. The Kier molecular flexibility index (Phi) is 3.52. The standard InChI is InChI=1S/C21H19N3O2/c25-21(24-11-7-14(8-12-24)20-22-9-10-23-20)15-5-6-17-16-3-1-2-4-18(16)26-19(17)13-15/h1-6,9-10,13-14H,7-8,11-12H2,(H,22,23). The molecule has 1 aliphatic rings. The number of carbonyl (C=O) groups excluding carboxylic acids is 1. The summed E-state index contributed by atoms with van der Waals surface area (Å²) >= 11 is 0. The van der Waals surface area contributed by atoms with Crippen molar-refractivity contribution in [1.82, 2.24) is 14.9 Å². The minimum atomic E-state index is 0.0743. The Morgan fingerprint density at radius 1 is 1.08 bits per heavy atom. The molecule has 26 heavy (non-hydrogen) atoms. The third kappa shape index (κ3) is 2.47. The lowest BCUT2D eigenvalue weighted by Gasteiger charge is -2.31. The summed E-state index contributed by atoms with van der Waals surface area (Å²) in [6.45, 7) is 1.50. The molecular formula is C21H19N3O2. The number of carbonyl (C=O) groups is 1. The molecule has 4 aromatic rings. The van der Waals surface area contributed by atoms with Crippen molar-refractivity contribution in [3.8, 4) is 0 Å². The topological polar surface area (TPSA) is 62.1 Å². The number of H-pyrrole nitrogens is 1. The molecule has 5 nitrogen and oxygen atoms in total. The van der Waals surface area contributed by atoms with Crippen LogP contribution in [0.5, 0.6) is 0 Å². The van der Waals surface area contributed by atoms with Crippen LogP contribution in [0.4, 0.5) is 0 Å². The monoisotopic (exact) mass is 345 g/mol. The lowest BCUT2D eigenvalue weighted by molar-refractivity contribution is 0.0711. The third-order valence-electron chi connectivity index (χ3n) is 5.31. The van der Waals surface area contributed by atoms with Crippen molar-refractivity contribution in [2.75, 3.05) is 13.1 Å². The van der Waals surface area contributed by atoms with Crippen LogP contribution in [0.15, 0.2) is 59.3 Å². The van der Waals surface area contributed by atoms with Crippen LogP contribution in [0, 0.1) is 0 Å². The zero-order chi connectivity index (χ0) is 17.5. The predicted molar refractivity (Wildman–Crippen MR) is 100 cm³/mol. The van der Waals surface area contributed by atoms with E-state index >= 15 is 0 Å². The van der Waals surface area contributed by atoms with Crippen molar-refractivity contribution in [3.05, 3.63) is 66.2 Å². The largest absolute Gasteiger partial charge is 0.456 e. The van der Waals surface area contributed by atoms with Crippen molar-refractivity contribution in [2.45, 2.75) is 18.8 Å². The van der Waals surface area contributed by atoms with Crippen LogP contribution in [-0.2, 0) is 0 Å². The summed E-state index contributed by atoms with van der Waals surface area (Å²) in [6, 6.07) is 13.7. The van der Waals surface area contributed by atoms with Gasteiger partial charge in [0.05, 0.1) is 0 Å². The quantitative estimate of drug-likeness (QED) is 0.588. The summed E-state index contributed by atoms with van der Waals surface area (Å²) in [4.78, 5) is 22.4. The van der Waals surface area contributed by atoms with Crippen LogP contribution in [0.25, 0.3) is 21.9 Å². The molecule has 2 aromatic heterocycles. The summed E-state index contributed by atoms with van der Waals surface area (Å²) in [5, 5.41) is 2.13. The number of furan rings is 1. The molecule has 2 aromatic carbocycles. The van der Waals surface area contributed by atoms with E-state index in [0.29, 0.717) is 11.5 Å². The minimum absolute atomic E-state index is 0.0743. The van der Waals surface area contributed by atoms with E-state index in [0.717, 1.165) is 53.7 Å². The number of hydrogen-bond donors (Lipinski definition) is 1. The first-order valence-corrected chi connectivity index (χ1v) is 8.99. The van der Waals surface area contributed by atoms with Gasteiger partial charge in [-0.15, -0.1) is 0 Å². The lowest BCUT2D eigenvalue weighted by Crippen LogP contribution is -2.38. The summed E-state index contributed by atoms with van der Waals surface area (Å²) in [5.74, 6) is 1.51. The molecule has 0 spiro atoms. The van der Waals surface area contributed by atoms with E-state index in [1.54, 1.807) is 6.20 Å². The molecule has 0 atom stereocenters. The molecule has 1 fully saturated rings. The van der Waals surface area contributed by atoms with Gasteiger partial charge in [-0.25, -0.2) is 4.98 Å². The van der Waals surface area contributed by atoms with Crippen LogP contribution in [0.2, 0.25) is 0 Å². The Morgan fingerprint density at radius 2 is 1.88 bits per heavy atom. The van der Waals surface area contributed by atoms with Gasteiger partial charge in [0.1, 0.15) is 17.0 Å². The fraction of sp³-hybridized carbons (Fsp3) is 0.238. The molecule has 5 rings (SSSR count). The highest BCUT2D eigenvalue weighted by molar-refractivity contribution is 6.07. The van der Waals surface area contributed by atoms with Crippen LogP contribution < -0.4 is 0 Å². The number of hydrogen-bond acceptors (Lipinski definition) is 3. The molecule has 5 heteroatoms. The fourth-order valence-corrected chi connectivity index (χ4v) is 3.90. The molecule has 1 aliphatic heterocycles. The third-order valence-corrected chi connectivity index (χ3v) is 5.31. The van der Waals surface area contributed by atoms with Gasteiger partial charge in [0.25, 0.3) is 5.91 Å². The number of rotatable bonds is 2. The van der Waals surface area contributed by atoms with Gasteiger partial charge in [-0.3, -0.25) is 4.79 Å². The number of nitrogens with zero attached hydrogens (tertiary/aromatic N) is 2. The molecule has 0 unspecified atom stereocenters. The van der Waals surface area contributed by atoms with Crippen molar-refractivity contribution >= 4 is 27.8 Å². The van der Waals surface area contributed by atoms with Gasteiger partial charge < -0.3 is 14.3 Å². The van der Waals surface area contributed by atoms with Gasteiger partial charge in [-0.2, -0.15) is 0 Å². The number of para-hydroxylation sites is 1. The van der Waals surface area contributed by atoms with Crippen LogP contribution >= 0.6 is 0 Å². The number of benzene rings is 2. The molecule has 3 heterocycles. The maximum atomic E-state index is 12.9. The van der Waals surface area contributed by atoms with E-state index in [4.69, 9.17) is 4.42 Å².